The molecule has 1 spiro atoms. The molecule has 0 N–H and O–H groups in total. The van der Waals surface area contributed by atoms with Crippen LogP contribution in [0.3, 0.4) is 0 Å². The van der Waals surface area contributed by atoms with Crippen LogP contribution in [0.4, 0.5) is 15.8 Å². The summed E-state index contributed by atoms with van der Waals surface area (Å²) in [6.07, 6.45) is 3.35. The molecule has 2 fully saturated rings. The lowest BCUT2D eigenvalue weighted by molar-refractivity contribution is -0.128. The van der Waals surface area contributed by atoms with E-state index in [-0.39, 0.29) is 22.7 Å². The molecule has 2 aromatic carbocycles. The van der Waals surface area contributed by atoms with Gasteiger partial charge < -0.3 is 9.64 Å². The van der Waals surface area contributed by atoms with Crippen LogP contribution in [-0.4, -0.2) is 29.9 Å². The van der Waals surface area contributed by atoms with Gasteiger partial charge in [-0.2, -0.15) is 0 Å². The average molecular weight is 406 g/mol. The zero-order valence-electron chi connectivity index (χ0n) is 16.4. The smallest absolute Gasteiger partial charge is 0.271 e. The van der Waals surface area contributed by atoms with Gasteiger partial charge in [-0.15, -0.1) is 0 Å². The van der Waals surface area contributed by atoms with Gasteiger partial charge in [0.15, 0.2) is 11.4 Å². The van der Waals surface area contributed by atoms with Crippen LogP contribution < -0.4 is 14.5 Å². The quantitative estimate of drug-likeness (QED) is 0.731. The summed E-state index contributed by atoms with van der Waals surface area (Å²) in [7, 11) is 0. The van der Waals surface area contributed by atoms with Gasteiger partial charge in [-0.1, -0.05) is 11.6 Å². The Balaban J connectivity index is 1.46. The maximum atomic E-state index is 15.1. The van der Waals surface area contributed by atoms with Crippen LogP contribution in [0.1, 0.15) is 52.0 Å². The minimum absolute atomic E-state index is 0.113. The van der Waals surface area contributed by atoms with Crippen molar-refractivity contribution in [3.05, 3.63) is 52.8 Å². The first-order chi connectivity index (χ1) is 14.4. The molecule has 0 bridgehead atoms. The van der Waals surface area contributed by atoms with Gasteiger partial charge in [-0.3, -0.25) is 14.4 Å². The summed E-state index contributed by atoms with van der Waals surface area (Å²) in [4.78, 5) is 41.4. The highest BCUT2D eigenvalue weighted by molar-refractivity contribution is 6.34. The molecule has 4 aliphatic rings. The molecule has 0 radical (unpaired) electrons. The fourth-order valence-corrected chi connectivity index (χ4v) is 4.35. The Morgan fingerprint density at radius 1 is 1.03 bits per heavy atom. The molecule has 0 atom stereocenters. The van der Waals surface area contributed by atoms with Gasteiger partial charge in [0.2, 0.25) is 0 Å². The van der Waals surface area contributed by atoms with Gasteiger partial charge in [0.25, 0.3) is 17.7 Å². The third-order valence-electron chi connectivity index (χ3n) is 6.38. The first-order valence-electron chi connectivity index (χ1n) is 10.2. The monoisotopic (exact) mass is 406 g/mol. The molecule has 2 aromatic rings. The highest BCUT2D eigenvalue weighted by Crippen LogP contribution is 2.51. The Morgan fingerprint density at radius 2 is 1.77 bits per heavy atom. The van der Waals surface area contributed by atoms with Crippen molar-refractivity contribution in [2.75, 3.05) is 16.3 Å². The van der Waals surface area contributed by atoms with Crippen molar-refractivity contribution >= 4 is 29.1 Å². The SMILES string of the molecule is Cc1ccc2c(c1)C(=O)N(c1cc3c(cc1F)OC1(CC1)C(=O)N3CC1CC1)C2=O. The predicted molar refractivity (Wildman–Crippen MR) is 106 cm³/mol. The zero-order chi connectivity index (χ0) is 20.8. The third kappa shape index (κ3) is 2.38. The topological polar surface area (TPSA) is 66.9 Å². The minimum atomic E-state index is -0.872. The van der Waals surface area contributed by atoms with E-state index in [4.69, 9.17) is 4.74 Å². The average Bonchev–Trinajstić information content (AvgIpc) is 3.63. The molecule has 7 heteroatoms. The van der Waals surface area contributed by atoms with Crippen LogP contribution in [0.15, 0.2) is 30.3 Å². The van der Waals surface area contributed by atoms with Gasteiger partial charge in [0.1, 0.15) is 5.75 Å². The molecule has 2 saturated carbocycles. The number of rotatable bonds is 3. The maximum absolute atomic E-state index is 15.1. The largest absolute Gasteiger partial charge is 0.475 e. The van der Waals surface area contributed by atoms with Crippen LogP contribution in [0.5, 0.6) is 5.75 Å². The van der Waals surface area contributed by atoms with Gasteiger partial charge in [0, 0.05) is 25.5 Å². The van der Waals surface area contributed by atoms with E-state index in [1.54, 1.807) is 23.1 Å². The lowest BCUT2D eigenvalue weighted by Gasteiger charge is -2.35. The highest BCUT2D eigenvalue weighted by Gasteiger charge is 2.58. The fourth-order valence-electron chi connectivity index (χ4n) is 4.35. The van der Waals surface area contributed by atoms with Crippen molar-refractivity contribution in [3.8, 4) is 5.75 Å². The number of hydrogen-bond donors (Lipinski definition) is 0. The summed E-state index contributed by atoms with van der Waals surface area (Å²) in [5, 5.41) is 0. The Hall–Kier alpha value is -3.22. The van der Waals surface area contributed by atoms with E-state index in [0.717, 1.165) is 23.3 Å². The number of imide groups is 1. The normalized spacial score (nSPS) is 21.1. The van der Waals surface area contributed by atoms with Crippen LogP contribution in [-0.2, 0) is 4.79 Å². The van der Waals surface area contributed by atoms with E-state index in [2.05, 4.69) is 0 Å². The van der Waals surface area contributed by atoms with Gasteiger partial charge in [-0.25, -0.2) is 9.29 Å². The number of aryl methyl sites for hydroxylation is 1. The first-order valence-corrected chi connectivity index (χ1v) is 10.2. The van der Waals surface area contributed by atoms with E-state index < -0.39 is 23.2 Å². The molecule has 6 nitrogen and oxygen atoms in total. The molecule has 2 aliphatic heterocycles. The molecule has 0 aromatic heterocycles. The van der Waals surface area contributed by atoms with Crippen molar-refractivity contribution < 1.29 is 23.5 Å². The molecule has 3 amide bonds. The Bertz CT molecular complexity index is 1170. The van der Waals surface area contributed by atoms with Crippen molar-refractivity contribution in [2.45, 2.75) is 38.2 Å². The number of benzene rings is 2. The number of halogens is 1. The summed E-state index contributed by atoms with van der Waals surface area (Å²) in [6.45, 7) is 2.37. The maximum Gasteiger partial charge on any atom is 0.271 e. The van der Waals surface area contributed by atoms with E-state index in [9.17, 15) is 14.4 Å². The third-order valence-corrected chi connectivity index (χ3v) is 6.38. The number of anilines is 2. The number of hydrogen-bond acceptors (Lipinski definition) is 4. The molecule has 0 saturated heterocycles. The summed E-state index contributed by atoms with van der Waals surface area (Å²) in [5.74, 6) is -1.25. The molecule has 30 heavy (non-hydrogen) atoms. The number of fused-ring (bicyclic) bond motifs is 2. The van der Waals surface area contributed by atoms with E-state index >= 15 is 4.39 Å². The lowest BCUT2D eigenvalue weighted by Crippen LogP contribution is -2.48. The zero-order valence-corrected chi connectivity index (χ0v) is 16.4. The molecule has 2 heterocycles. The number of nitrogens with zero attached hydrogens (tertiary/aromatic N) is 2. The van der Waals surface area contributed by atoms with Crippen molar-refractivity contribution in [1.29, 1.82) is 0 Å². The van der Waals surface area contributed by atoms with Crippen LogP contribution in [0, 0.1) is 18.7 Å². The van der Waals surface area contributed by atoms with E-state index in [1.165, 1.54) is 12.1 Å². The summed E-state index contributed by atoms with van der Waals surface area (Å²) in [5.41, 5.74) is 0.753. The molecule has 0 unspecified atom stereocenters. The lowest BCUT2D eigenvalue weighted by atomic mass is 10.1. The number of ether oxygens (including phenoxy) is 1. The van der Waals surface area contributed by atoms with Crippen LogP contribution in [0.2, 0.25) is 0 Å². The second kappa shape index (κ2) is 5.68. The number of carbonyl (C=O) groups excluding carboxylic acids is 3. The standard InChI is InChI=1S/C23H19FN2O4/c1-12-2-5-14-15(8-12)21(28)26(20(14)27)17-10-18-19(9-16(17)24)30-23(6-7-23)22(29)25(18)11-13-3-4-13/h2,5,8-10,13H,3-4,6-7,11H2,1H3. The summed E-state index contributed by atoms with van der Waals surface area (Å²) < 4.78 is 21.0. The van der Waals surface area contributed by atoms with Crippen molar-refractivity contribution in [1.82, 2.24) is 0 Å². The second-order valence-corrected chi connectivity index (χ2v) is 8.72. The number of carbonyl (C=O) groups is 3. The molecule has 2 aliphatic carbocycles. The second-order valence-electron chi connectivity index (χ2n) is 8.72. The molecular formula is C23H19FN2O4. The molecule has 152 valence electrons. The van der Waals surface area contributed by atoms with Gasteiger partial charge >= 0.3 is 0 Å². The minimum Gasteiger partial charge on any atom is -0.475 e. The number of amides is 3. The highest BCUT2D eigenvalue weighted by atomic mass is 19.1. The van der Waals surface area contributed by atoms with Gasteiger partial charge in [0.05, 0.1) is 22.5 Å². The predicted octanol–water partition coefficient (Wildman–Crippen LogP) is 3.60. The summed E-state index contributed by atoms with van der Waals surface area (Å²) in [6, 6.07) is 7.58. The Kier molecular flexibility index (Phi) is 3.34. The fraction of sp³-hybridized carbons (Fsp3) is 0.348. The molecular weight excluding hydrogens is 387 g/mol. The van der Waals surface area contributed by atoms with Crippen molar-refractivity contribution in [3.63, 3.8) is 0 Å². The Labute approximate surface area is 172 Å². The molecule has 6 rings (SSSR count). The first kappa shape index (κ1) is 17.6. The van der Waals surface area contributed by atoms with Gasteiger partial charge in [-0.05, 0) is 43.9 Å². The van der Waals surface area contributed by atoms with E-state index in [1.807, 2.05) is 6.92 Å². The van der Waals surface area contributed by atoms with Crippen LogP contribution >= 0.6 is 0 Å². The van der Waals surface area contributed by atoms with Crippen LogP contribution in [0.25, 0.3) is 0 Å². The summed E-state index contributed by atoms with van der Waals surface area (Å²) >= 11 is 0. The Morgan fingerprint density at radius 3 is 2.47 bits per heavy atom. The van der Waals surface area contributed by atoms with Crippen molar-refractivity contribution in [2.24, 2.45) is 5.92 Å². The van der Waals surface area contributed by atoms with E-state index in [0.29, 0.717) is 36.7 Å².